The number of ether oxygens (including phenoxy) is 1. The van der Waals surface area contributed by atoms with Gasteiger partial charge in [-0.05, 0) is 29.3 Å². The van der Waals surface area contributed by atoms with Crippen LogP contribution >= 0.6 is 11.6 Å². The molecule has 3 heteroatoms. The van der Waals surface area contributed by atoms with Gasteiger partial charge in [0, 0.05) is 5.56 Å². The predicted molar refractivity (Wildman–Crippen MR) is 68.8 cm³/mol. The van der Waals surface area contributed by atoms with Crippen molar-refractivity contribution in [2.24, 2.45) is 0 Å². The third-order valence-corrected chi connectivity index (χ3v) is 2.80. The molecule has 2 aromatic carbocycles. The van der Waals surface area contributed by atoms with E-state index in [0.29, 0.717) is 16.3 Å². The van der Waals surface area contributed by atoms with Crippen molar-refractivity contribution in [1.82, 2.24) is 0 Å². The van der Waals surface area contributed by atoms with Crippen LogP contribution < -0.4 is 4.74 Å². The van der Waals surface area contributed by atoms with E-state index in [1.54, 1.807) is 13.2 Å². The quantitative estimate of drug-likeness (QED) is 0.770. The fraction of sp³-hybridized carbons (Fsp3) is 0.0714. The summed E-state index contributed by atoms with van der Waals surface area (Å²) in [5.74, 6) is 0.641. The monoisotopic (exact) mass is 246 g/mol. The lowest BCUT2D eigenvalue weighted by Crippen LogP contribution is -1.86. The first-order valence-corrected chi connectivity index (χ1v) is 5.51. The van der Waals surface area contributed by atoms with Crippen LogP contribution in [0, 0.1) is 0 Å². The highest BCUT2D eigenvalue weighted by Gasteiger charge is 2.04. The molecule has 17 heavy (non-hydrogen) atoms. The maximum Gasteiger partial charge on any atom is 0.150 e. The van der Waals surface area contributed by atoms with Crippen LogP contribution in [0.5, 0.6) is 5.75 Å². The van der Waals surface area contributed by atoms with Crippen LogP contribution in [0.3, 0.4) is 0 Å². The molecule has 0 aliphatic heterocycles. The van der Waals surface area contributed by atoms with Gasteiger partial charge >= 0.3 is 0 Å². The van der Waals surface area contributed by atoms with Crippen molar-refractivity contribution < 1.29 is 9.53 Å². The number of methoxy groups -OCH3 is 1. The van der Waals surface area contributed by atoms with Crippen molar-refractivity contribution in [2.45, 2.75) is 0 Å². The summed E-state index contributed by atoms with van der Waals surface area (Å²) in [6, 6.07) is 12.9. The molecule has 0 saturated carbocycles. The Balaban J connectivity index is 2.45. The number of hydrogen-bond acceptors (Lipinski definition) is 2. The first-order chi connectivity index (χ1) is 8.24. The van der Waals surface area contributed by atoms with Crippen LogP contribution in [0.15, 0.2) is 42.5 Å². The van der Waals surface area contributed by atoms with Crippen LogP contribution in [0.25, 0.3) is 11.1 Å². The summed E-state index contributed by atoms with van der Waals surface area (Å²) in [5, 5.41) is 0.557. The molecule has 0 aliphatic carbocycles. The first kappa shape index (κ1) is 11.7. The molecule has 86 valence electrons. The van der Waals surface area contributed by atoms with E-state index in [1.165, 1.54) is 0 Å². The van der Waals surface area contributed by atoms with E-state index < -0.39 is 0 Å². The molecular formula is C14H11ClO2. The smallest absolute Gasteiger partial charge is 0.150 e. The molecule has 0 spiro atoms. The predicted octanol–water partition coefficient (Wildman–Crippen LogP) is 3.83. The summed E-state index contributed by atoms with van der Waals surface area (Å²) in [5.41, 5.74) is 2.56. The highest BCUT2D eigenvalue weighted by Crippen LogP contribution is 2.30. The molecule has 0 bridgehead atoms. The van der Waals surface area contributed by atoms with Crippen LogP contribution in [-0.2, 0) is 0 Å². The van der Waals surface area contributed by atoms with Crippen molar-refractivity contribution in [3.8, 4) is 16.9 Å². The number of carbonyl (C=O) groups is 1. The molecule has 0 radical (unpaired) electrons. The summed E-state index contributed by atoms with van der Waals surface area (Å²) in [7, 11) is 1.58. The van der Waals surface area contributed by atoms with E-state index in [0.717, 1.165) is 17.4 Å². The minimum atomic E-state index is 0.557. The largest absolute Gasteiger partial charge is 0.495 e. The lowest BCUT2D eigenvalue weighted by Gasteiger charge is -2.06. The Labute approximate surface area is 105 Å². The second kappa shape index (κ2) is 5.02. The maximum absolute atomic E-state index is 10.7. The lowest BCUT2D eigenvalue weighted by atomic mass is 10.0. The van der Waals surface area contributed by atoms with Gasteiger partial charge < -0.3 is 4.74 Å². The van der Waals surface area contributed by atoms with Gasteiger partial charge in [-0.3, -0.25) is 4.79 Å². The van der Waals surface area contributed by atoms with Crippen molar-refractivity contribution >= 4 is 17.9 Å². The van der Waals surface area contributed by atoms with Gasteiger partial charge in [0.2, 0.25) is 0 Å². The number of hydrogen-bond donors (Lipinski definition) is 0. The van der Waals surface area contributed by atoms with Crippen molar-refractivity contribution in [2.75, 3.05) is 7.11 Å². The van der Waals surface area contributed by atoms with Crippen LogP contribution in [0.1, 0.15) is 10.4 Å². The van der Waals surface area contributed by atoms with Gasteiger partial charge in [0.15, 0.2) is 0 Å². The molecule has 0 atom stereocenters. The average molecular weight is 247 g/mol. The van der Waals surface area contributed by atoms with Gasteiger partial charge in [-0.25, -0.2) is 0 Å². The first-order valence-electron chi connectivity index (χ1n) is 5.14. The molecule has 2 nitrogen and oxygen atoms in total. The Kier molecular flexibility index (Phi) is 3.45. The molecule has 0 amide bonds. The van der Waals surface area contributed by atoms with E-state index in [-0.39, 0.29) is 0 Å². The zero-order valence-corrected chi connectivity index (χ0v) is 10.1. The standard InChI is InChI=1S/C14H11ClO2/c1-17-14-6-5-12(8-13(14)15)11-4-2-3-10(7-11)9-16/h2-9H,1H3. The summed E-state index contributed by atoms with van der Waals surface area (Å²) in [4.78, 5) is 10.7. The minimum absolute atomic E-state index is 0.557. The van der Waals surface area contributed by atoms with Crippen molar-refractivity contribution in [3.05, 3.63) is 53.1 Å². The van der Waals surface area contributed by atoms with E-state index in [4.69, 9.17) is 16.3 Å². The zero-order valence-electron chi connectivity index (χ0n) is 9.31. The Hall–Kier alpha value is -1.80. The second-order valence-electron chi connectivity index (χ2n) is 3.59. The number of carbonyl (C=O) groups excluding carboxylic acids is 1. The Morgan fingerprint density at radius 3 is 2.53 bits per heavy atom. The molecule has 0 aliphatic rings. The number of benzene rings is 2. The molecular weight excluding hydrogens is 236 g/mol. The Bertz CT molecular complexity index is 550. The van der Waals surface area contributed by atoms with Gasteiger partial charge in [-0.15, -0.1) is 0 Å². The van der Waals surface area contributed by atoms with Gasteiger partial charge in [-0.2, -0.15) is 0 Å². The van der Waals surface area contributed by atoms with E-state index >= 15 is 0 Å². The highest BCUT2D eigenvalue weighted by atomic mass is 35.5. The molecule has 0 heterocycles. The van der Waals surface area contributed by atoms with Crippen molar-refractivity contribution in [1.29, 1.82) is 0 Å². The lowest BCUT2D eigenvalue weighted by molar-refractivity contribution is 0.112. The summed E-state index contributed by atoms with van der Waals surface area (Å²) in [6.45, 7) is 0. The number of halogens is 1. The van der Waals surface area contributed by atoms with Gasteiger partial charge in [-0.1, -0.05) is 35.9 Å². The van der Waals surface area contributed by atoms with Gasteiger partial charge in [0.25, 0.3) is 0 Å². The van der Waals surface area contributed by atoms with Gasteiger partial charge in [0.1, 0.15) is 12.0 Å². The van der Waals surface area contributed by atoms with Crippen LogP contribution in [-0.4, -0.2) is 13.4 Å². The Morgan fingerprint density at radius 1 is 1.12 bits per heavy atom. The van der Waals surface area contributed by atoms with E-state index in [2.05, 4.69) is 0 Å². The summed E-state index contributed by atoms with van der Waals surface area (Å²) in [6.07, 6.45) is 0.828. The molecule has 2 aromatic rings. The van der Waals surface area contributed by atoms with E-state index in [1.807, 2.05) is 36.4 Å². The van der Waals surface area contributed by atoms with Crippen molar-refractivity contribution in [3.63, 3.8) is 0 Å². The topological polar surface area (TPSA) is 26.3 Å². The zero-order chi connectivity index (χ0) is 12.3. The third kappa shape index (κ3) is 2.48. The van der Waals surface area contributed by atoms with Gasteiger partial charge in [0.05, 0.1) is 12.1 Å². The Morgan fingerprint density at radius 2 is 1.88 bits per heavy atom. The minimum Gasteiger partial charge on any atom is -0.495 e. The number of rotatable bonds is 3. The second-order valence-corrected chi connectivity index (χ2v) is 4.00. The molecule has 2 rings (SSSR count). The number of aldehydes is 1. The highest BCUT2D eigenvalue weighted by molar-refractivity contribution is 6.32. The molecule has 0 aromatic heterocycles. The fourth-order valence-corrected chi connectivity index (χ4v) is 1.90. The maximum atomic E-state index is 10.7. The summed E-state index contributed by atoms with van der Waals surface area (Å²) >= 11 is 6.06. The van der Waals surface area contributed by atoms with Crippen LogP contribution in [0.4, 0.5) is 0 Å². The molecule has 0 fully saturated rings. The molecule has 0 N–H and O–H groups in total. The molecule has 0 saturated heterocycles. The third-order valence-electron chi connectivity index (χ3n) is 2.51. The normalized spacial score (nSPS) is 10.0. The average Bonchev–Trinajstić information content (AvgIpc) is 2.38. The summed E-state index contributed by atoms with van der Waals surface area (Å²) < 4.78 is 5.09. The molecule has 0 unspecified atom stereocenters. The fourth-order valence-electron chi connectivity index (χ4n) is 1.64. The van der Waals surface area contributed by atoms with Crippen LogP contribution in [0.2, 0.25) is 5.02 Å². The van der Waals surface area contributed by atoms with E-state index in [9.17, 15) is 4.79 Å². The SMILES string of the molecule is COc1ccc(-c2cccc(C=O)c2)cc1Cl.